The minimum absolute atomic E-state index is 0.0396. The molecule has 0 saturated carbocycles. The zero-order valence-electron chi connectivity index (χ0n) is 11.4. The number of nitrogens with zero attached hydrogens (tertiary/aromatic N) is 1. The number of amides is 1. The van der Waals surface area contributed by atoms with Gasteiger partial charge in [0.25, 0.3) is 5.91 Å². The lowest BCUT2D eigenvalue weighted by Gasteiger charge is -2.08. The van der Waals surface area contributed by atoms with Gasteiger partial charge in [0.2, 0.25) is 0 Å². The zero-order chi connectivity index (χ0) is 15.9. The van der Waals surface area contributed by atoms with Crippen LogP contribution in [0.4, 0.5) is 8.78 Å². The van der Waals surface area contributed by atoms with Gasteiger partial charge in [-0.25, -0.2) is 0 Å². The predicted octanol–water partition coefficient (Wildman–Crippen LogP) is 2.59. The smallest absolute Gasteiger partial charge is 0.387 e. The quantitative estimate of drug-likeness (QED) is 0.864. The van der Waals surface area contributed by atoms with Gasteiger partial charge in [0.1, 0.15) is 5.75 Å². The third kappa shape index (κ3) is 4.28. The summed E-state index contributed by atoms with van der Waals surface area (Å²) in [6.07, 6.45) is 8.11. The van der Waals surface area contributed by atoms with E-state index in [-0.39, 0.29) is 18.2 Å². The number of nitrogens with one attached hydrogen (secondary N) is 1. The number of halogens is 2. The summed E-state index contributed by atoms with van der Waals surface area (Å²) in [4.78, 5) is 15.8. The molecule has 4 nitrogen and oxygen atoms in total. The monoisotopic (exact) mass is 302 g/mol. The number of carbonyl (C=O) groups is 1. The van der Waals surface area contributed by atoms with E-state index in [1.807, 2.05) is 0 Å². The van der Waals surface area contributed by atoms with E-state index in [1.54, 1.807) is 18.2 Å². The second-order valence-corrected chi connectivity index (χ2v) is 4.32. The van der Waals surface area contributed by atoms with Crippen LogP contribution >= 0.6 is 0 Å². The fourth-order valence-corrected chi connectivity index (χ4v) is 1.76. The maximum absolute atomic E-state index is 12.1. The van der Waals surface area contributed by atoms with Crippen molar-refractivity contribution in [2.45, 2.75) is 13.2 Å². The Hall–Kier alpha value is -2.94. The van der Waals surface area contributed by atoms with Gasteiger partial charge < -0.3 is 10.1 Å². The van der Waals surface area contributed by atoms with Crippen LogP contribution in [-0.4, -0.2) is 17.5 Å². The normalized spacial score (nSPS) is 10.1. The average Bonchev–Trinajstić information content (AvgIpc) is 2.52. The standard InChI is InChI=1S/C16H12F2N2O2/c1-2-11-6-13(10-19-8-11)15(21)20-9-12-4-3-5-14(7-12)22-16(17)18/h1,3-8,10,16H,9H2,(H,20,21). The van der Waals surface area contributed by atoms with Gasteiger partial charge in [-0.05, 0) is 23.8 Å². The Balaban J connectivity index is 2.00. The molecule has 22 heavy (non-hydrogen) atoms. The van der Waals surface area contributed by atoms with Crippen molar-refractivity contribution >= 4 is 5.91 Å². The van der Waals surface area contributed by atoms with Crippen molar-refractivity contribution in [2.24, 2.45) is 0 Å². The Labute approximate surface area is 126 Å². The van der Waals surface area contributed by atoms with Crippen LogP contribution in [-0.2, 0) is 6.54 Å². The highest BCUT2D eigenvalue weighted by molar-refractivity contribution is 5.94. The van der Waals surface area contributed by atoms with Crippen LogP contribution in [0.5, 0.6) is 5.75 Å². The third-order valence-corrected chi connectivity index (χ3v) is 2.74. The fraction of sp³-hybridized carbons (Fsp3) is 0.125. The third-order valence-electron chi connectivity index (χ3n) is 2.74. The van der Waals surface area contributed by atoms with Crippen molar-refractivity contribution in [1.82, 2.24) is 10.3 Å². The molecular weight excluding hydrogens is 290 g/mol. The van der Waals surface area contributed by atoms with Gasteiger partial charge in [-0.3, -0.25) is 9.78 Å². The highest BCUT2D eigenvalue weighted by Gasteiger charge is 2.08. The molecule has 0 bridgehead atoms. The Morgan fingerprint density at radius 2 is 2.18 bits per heavy atom. The van der Waals surface area contributed by atoms with Crippen LogP contribution in [0.15, 0.2) is 42.7 Å². The predicted molar refractivity (Wildman–Crippen MR) is 76.4 cm³/mol. The van der Waals surface area contributed by atoms with Gasteiger partial charge in [-0.15, -0.1) is 6.42 Å². The van der Waals surface area contributed by atoms with E-state index < -0.39 is 6.61 Å². The van der Waals surface area contributed by atoms with Gasteiger partial charge in [-0.1, -0.05) is 18.1 Å². The highest BCUT2D eigenvalue weighted by atomic mass is 19.3. The number of alkyl halides is 2. The Bertz CT molecular complexity index is 711. The second kappa shape index (κ2) is 7.18. The molecule has 1 aromatic carbocycles. The fourth-order valence-electron chi connectivity index (χ4n) is 1.76. The molecule has 2 rings (SSSR count). The molecule has 1 N–H and O–H groups in total. The molecule has 0 aliphatic heterocycles. The van der Waals surface area contributed by atoms with Crippen molar-refractivity contribution in [2.75, 3.05) is 0 Å². The van der Waals surface area contributed by atoms with E-state index in [4.69, 9.17) is 6.42 Å². The van der Waals surface area contributed by atoms with Gasteiger partial charge in [-0.2, -0.15) is 8.78 Å². The lowest BCUT2D eigenvalue weighted by Crippen LogP contribution is -2.23. The summed E-state index contributed by atoms with van der Waals surface area (Å²) in [7, 11) is 0. The first kappa shape index (κ1) is 15.4. The summed E-state index contributed by atoms with van der Waals surface area (Å²) >= 11 is 0. The van der Waals surface area contributed by atoms with Gasteiger partial charge in [0.05, 0.1) is 5.56 Å². The minimum atomic E-state index is -2.89. The average molecular weight is 302 g/mol. The number of carbonyl (C=O) groups excluding carboxylic acids is 1. The van der Waals surface area contributed by atoms with Crippen molar-refractivity contribution in [3.05, 3.63) is 59.4 Å². The zero-order valence-corrected chi connectivity index (χ0v) is 11.4. The summed E-state index contributed by atoms with van der Waals surface area (Å²) in [5, 5.41) is 2.66. The molecule has 0 atom stereocenters. The minimum Gasteiger partial charge on any atom is -0.435 e. The van der Waals surface area contributed by atoms with E-state index >= 15 is 0 Å². The maximum Gasteiger partial charge on any atom is 0.387 e. The van der Waals surface area contributed by atoms with Crippen molar-refractivity contribution in [3.8, 4) is 18.1 Å². The molecular formula is C16H12F2N2O2. The number of hydrogen-bond acceptors (Lipinski definition) is 3. The number of aromatic nitrogens is 1. The summed E-state index contributed by atoms with van der Waals surface area (Å²) in [5.74, 6) is 2.07. The van der Waals surface area contributed by atoms with Crippen LogP contribution in [0.1, 0.15) is 21.5 Å². The molecule has 2 aromatic rings. The van der Waals surface area contributed by atoms with E-state index in [1.165, 1.54) is 24.5 Å². The second-order valence-electron chi connectivity index (χ2n) is 4.32. The number of ether oxygens (including phenoxy) is 1. The Morgan fingerprint density at radius 1 is 1.36 bits per heavy atom. The van der Waals surface area contributed by atoms with E-state index in [0.29, 0.717) is 16.7 Å². The molecule has 0 aliphatic rings. The molecule has 6 heteroatoms. The van der Waals surface area contributed by atoms with Crippen LogP contribution in [0.25, 0.3) is 0 Å². The van der Waals surface area contributed by atoms with Gasteiger partial charge in [0, 0.05) is 24.5 Å². The van der Waals surface area contributed by atoms with E-state index in [0.717, 1.165) is 0 Å². The Morgan fingerprint density at radius 3 is 2.91 bits per heavy atom. The van der Waals surface area contributed by atoms with Crippen LogP contribution in [0, 0.1) is 12.3 Å². The topological polar surface area (TPSA) is 51.2 Å². The molecule has 0 fully saturated rings. The van der Waals surface area contributed by atoms with E-state index in [2.05, 4.69) is 21.0 Å². The maximum atomic E-state index is 12.1. The lowest BCUT2D eigenvalue weighted by molar-refractivity contribution is -0.0498. The summed E-state index contributed by atoms with van der Waals surface area (Å²) in [5.41, 5.74) is 1.46. The van der Waals surface area contributed by atoms with Crippen LogP contribution in [0.2, 0.25) is 0 Å². The number of hydrogen-bond donors (Lipinski definition) is 1. The molecule has 0 unspecified atom stereocenters. The first-order valence-corrected chi connectivity index (χ1v) is 6.32. The summed E-state index contributed by atoms with van der Waals surface area (Å²) in [6, 6.07) is 7.65. The first-order valence-electron chi connectivity index (χ1n) is 6.32. The Kier molecular flexibility index (Phi) is 5.04. The number of benzene rings is 1. The molecule has 0 saturated heterocycles. The van der Waals surface area contributed by atoms with Crippen LogP contribution < -0.4 is 10.1 Å². The number of terminal acetylenes is 1. The molecule has 112 valence electrons. The van der Waals surface area contributed by atoms with Crippen molar-refractivity contribution in [1.29, 1.82) is 0 Å². The summed E-state index contributed by atoms with van der Waals surface area (Å²) < 4.78 is 28.6. The molecule has 0 aliphatic carbocycles. The molecule has 1 heterocycles. The molecule has 1 aromatic heterocycles. The molecule has 0 spiro atoms. The van der Waals surface area contributed by atoms with E-state index in [9.17, 15) is 13.6 Å². The highest BCUT2D eigenvalue weighted by Crippen LogP contribution is 2.15. The number of pyridine rings is 1. The lowest BCUT2D eigenvalue weighted by atomic mass is 10.2. The first-order chi connectivity index (χ1) is 10.6. The van der Waals surface area contributed by atoms with Crippen molar-refractivity contribution < 1.29 is 18.3 Å². The molecule has 1 amide bonds. The van der Waals surface area contributed by atoms with Crippen LogP contribution in [0.3, 0.4) is 0 Å². The largest absolute Gasteiger partial charge is 0.435 e. The number of rotatable bonds is 5. The SMILES string of the molecule is C#Cc1cncc(C(=O)NCc2cccc(OC(F)F)c2)c1. The van der Waals surface area contributed by atoms with Gasteiger partial charge in [0.15, 0.2) is 0 Å². The summed E-state index contributed by atoms with van der Waals surface area (Å²) in [6.45, 7) is -2.72. The van der Waals surface area contributed by atoms with Gasteiger partial charge >= 0.3 is 6.61 Å². The van der Waals surface area contributed by atoms with Crippen molar-refractivity contribution in [3.63, 3.8) is 0 Å². The molecule has 0 radical (unpaired) electrons.